The number of rotatable bonds is 16. The number of hydrogen-bond donors (Lipinski definition) is 5. The molecule has 0 spiro atoms. The van der Waals surface area contributed by atoms with Crippen molar-refractivity contribution in [3.8, 4) is 23.0 Å². The predicted molar refractivity (Wildman–Crippen MR) is 193 cm³/mol. The molecule has 0 heterocycles. The number of allylic oxidation sites excluding steroid dienone is 1. The van der Waals surface area contributed by atoms with E-state index in [1.165, 1.54) is 40.4 Å². The average molecular weight is 689 g/mol. The smallest absolute Gasteiger partial charge is 0.194 e. The molecule has 0 aliphatic heterocycles. The second-order valence-corrected chi connectivity index (χ2v) is 12.1. The summed E-state index contributed by atoms with van der Waals surface area (Å²) in [5.74, 6) is -1.11. The van der Waals surface area contributed by atoms with E-state index in [1.807, 2.05) is 13.0 Å². The summed E-state index contributed by atoms with van der Waals surface area (Å²) < 4.78 is 28.6. The van der Waals surface area contributed by atoms with Crippen molar-refractivity contribution in [3.63, 3.8) is 0 Å². The molecule has 0 bridgehead atoms. The van der Waals surface area contributed by atoms with Crippen LogP contribution in [0.3, 0.4) is 0 Å². The minimum absolute atomic E-state index is 0.0153. The molecule has 5 aromatic carbocycles. The fraction of sp³-hybridized carbons (Fsp3) is 0.378. The van der Waals surface area contributed by atoms with Gasteiger partial charge in [0.05, 0.1) is 89.0 Å². The SMILES string of the molecule is COc1c(O)c2c(=O)cc(OC)c3c4c(OC)cc(=O)c5c(NCCOCCO)c(NCCOCCO)c6c(c(c1C(C(C)=O)C(C)=C6)c23)c54. The van der Waals surface area contributed by atoms with E-state index in [4.69, 9.17) is 23.7 Å². The Bertz CT molecular complexity index is 2270. The van der Waals surface area contributed by atoms with Gasteiger partial charge in [0.2, 0.25) is 0 Å². The number of benzene rings is 5. The minimum atomic E-state index is -0.894. The summed E-state index contributed by atoms with van der Waals surface area (Å²) in [4.78, 5) is 41.8. The molecule has 5 aromatic rings. The number of carbonyl (C=O) groups is 1. The van der Waals surface area contributed by atoms with Gasteiger partial charge in [0.25, 0.3) is 0 Å². The van der Waals surface area contributed by atoms with Gasteiger partial charge in [-0.05, 0) is 19.2 Å². The van der Waals surface area contributed by atoms with E-state index in [1.54, 1.807) is 0 Å². The highest BCUT2D eigenvalue weighted by Gasteiger charge is 2.37. The van der Waals surface area contributed by atoms with Crippen molar-refractivity contribution in [1.29, 1.82) is 0 Å². The van der Waals surface area contributed by atoms with E-state index in [9.17, 15) is 29.7 Å². The molecule has 50 heavy (non-hydrogen) atoms. The lowest BCUT2D eigenvalue weighted by molar-refractivity contribution is -0.117. The number of phenolic OH excluding ortho intramolecular Hbond substituents is 1. The molecule has 0 radical (unpaired) electrons. The molecule has 1 atom stereocenters. The molecule has 0 fully saturated rings. The number of fused-ring (bicyclic) bond motifs is 1. The molecule has 5 N–H and O–H groups in total. The Morgan fingerprint density at radius 1 is 0.720 bits per heavy atom. The van der Waals surface area contributed by atoms with Gasteiger partial charge in [0, 0.05) is 63.3 Å². The maximum Gasteiger partial charge on any atom is 0.194 e. The Labute approximate surface area is 286 Å². The minimum Gasteiger partial charge on any atom is -0.504 e. The van der Waals surface area contributed by atoms with Crippen LogP contribution in [0.25, 0.3) is 49.2 Å². The molecule has 0 saturated heterocycles. The molecule has 13 heteroatoms. The fourth-order valence-electron chi connectivity index (χ4n) is 7.48. The first-order chi connectivity index (χ1) is 24.2. The summed E-state index contributed by atoms with van der Waals surface area (Å²) in [6, 6.07) is 2.67. The van der Waals surface area contributed by atoms with Crippen molar-refractivity contribution in [1.82, 2.24) is 0 Å². The first-order valence-electron chi connectivity index (χ1n) is 16.3. The highest BCUT2D eigenvalue weighted by Crippen LogP contribution is 2.58. The van der Waals surface area contributed by atoms with Gasteiger partial charge in [-0.15, -0.1) is 0 Å². The molecular weight excluding hydrogens is 648 g/mol. The van der Waals surface area contributed by atoms with Gasteiger partial charge in [-0.1, -0.05) is 11.6 Å². The first kappa shape index (κ1) is 34.9. The maximum atomic E-state index is 14.3. The average Bonchev–Trinajstić information content (AvgIpc) is 3.22. The van der Waals surface area contributed by atoms with E-state index >= 15 is 0 Å². The number of hydrogen-bond acceptors (Lipinski definition) is 13. The van der Waals surface area contributed by atoms with Crippen LogP contribution in [0.1, 0.15) is 30.9 Å². The first-order valence-corrected chi connectivity index (χ1v) is 16.3. The van der Waals surface area contributed by atoms with E-state index in [0.29, 0.717) is 65.8 Å². The van der Waals surface area contributed by atoms with Crippen molar-refractivity contribution in [3.05, 3.63) is 49.3 Å². The lowest BCUT2D eigenvalue weighted by Gasteiger charge is -2.26. The number of aromatic hydroxyl groups is 1. The van der Waals surface area contributed by atoms with Crippen molar-refractivity contribution in [2.24, 2.45) is 0 Å². The zero-order chi connectivity index (χ0) is 35.9. The summed E-state index contributed by atoms with van der Waals surface area (Å²) >= 11 is 0. The van der Waals surface area contributed by atoms with Crippen LogP contribution in [0.2, 0.25) is 0 Å². The van der Waals surface area contributed by atoms with Crippen molar-refractivity contribution in [2.75, 3.05) is 84.7 Å². The third kappa shape index (κ3) is 5.37. The molecular formula is C37H40N2O11. The number of methoxy groups -OCH3 is 3. The van der Waals surface area contributed by atoms with Gasteiger partial charge in [-0.25, -0.2) is 0 Å². The Balaban J connectivity index is 1.92. The van der Waals surface area contributed by atoms with Gasteiger partial charge in [-0.3, -0.25) is 14.4 Å². The number of Topliss-reactive ketones (excluding diaryl/α,β-unsaturated/α-hetero) is 1. The normalized spacial score (nSPS) is 14.1. The Morgan fingerprint density at radius 3 is 1.78 bits per heavy atom. The lowest BCUT2D eigenvalue weighted by atomic mass is 9.80. The van der Waals surface area contributed by atoms with E-state index in [0.717, 1.165) is 0 Å². The Kier molecular flexibility index (Phi) is 9.85. The number of anilines is 2. The Morgan fingerprint density at radius 2 is 1.26 bits per heavy atom. The molecule has 264 valence electrons. The number of aliphatic hydroxyl groups excluding tert-OH is 2. The molecule has 0 aromatic heterocycles. The van der Waals surface area contributed by atoms with Crippen LogP contribution < -0.4 is 35.7 Å². The molecule has 6 rings (SSSR count). The van der Waals surface area contributed by atoms with E-state index in [2.05, 4.69) is 10.6 Å². The topological polar surface area (TPSA) is 182 Å². The van der Waals surface area contributed by atoms with Crippen LogP contribution in [0.15, 0.2) is 27.3 Å². The van der Waals surface area contributed by atoms with Crippen LogP contribution in [0.4, 0.5) is 11.4 Å². The third-order valence-electron chi connectivity index (χ3n) is 9.25. The third-order valence-corrected chi connectivity index (χ3v) is 9.25. The summed E-state index contributed by atoms with van der Waals surface area (Å²) in [5.41, 5.74) is 1.72. The van der Waals surface area contributed by atoms with E-state index in [-0.39, 0.29) is 86.6 Å². The largest absolute Gasteiger partial charge is 0.504 e. The molecule has 1 aliphatic carbocycles. The molecule has 0 amide bonds. The Hall–Kier alpha value is -4.95. The van der Waals surface area contributed by atoms with Gasteiger partial charge in [-0.2, -0.15) is 0 Å². The summed E-state index contributed by atoms with van der Waals surface area (Å²) in [5, 5.41) is 40.1. The molecule has 0 saturated carbocycles. The fourth-order valence-corrected chi connectivity index (χ4v) is 7.48. The van der Waals surface area contributed by atoms with Crippen molar-refractivity contribution in [2.45, 2.75) is 19.8 Å². The number of ether oxygens (including phenoxy) is 5. The molecule has 1 aliphatic rings. The number of ketones is 1. The predicted octanol–water partition coefficient (Wildman–Crippen LogP) is 3.56. The van der Waals surface area contributed by atoms with Crippen LogP contribution in [0, 0.1) is 0 Å². The second kappa shape index (κ2) is 14.1. The van der Waals surface area contributed by atoms with Crippen LogP contribution >= 0.6 is 0 Å². The molecule has 1 unspecified atom stereocenters. The lowest BCUT2D eigenvalue weighted by Crippen LogP contribution is -2.18. The zero-order valence-electron chi connectivity index (χ0n) is 28.6. The van der Waals surface area contributed by atoms with Gasteiger partial charge in [0.15, 0.2) is 22.4 Å². The van der Waals surface area contributed by atoms with E-state index < -0.39 is 17.1 Å². The summed E-state index contributed by atoms with van der Waals surface area (Å²) in [7, 11) is 4.25. The highest BCUT2D eigenvalue weighted by molar-refractivity contribution is 6.40. The van der Waals surface area contributed by atoms with Crippen molar-refractivity contribution >= 4 is 66.3 Å². The highest BCUT2D eigenvalue weighted by atomic mass is 16.5. The summed E-state index contributed by atoms with van der Waals surface area (Å²) in [6.07, 6.45) is 1.88. The standard InChI is InChI=1S/C37H40N2O11/c1-17-14-19-25-30-26(35(39-7-11-50-13-9-41)34(19)38-6-10-49-12-8-40)20(43)15-22(46-3)28(30)29-23(47-4)16-21(44)27-32(29)31(25)33(24(17)18(2)42)37(48-5)36(27)45/h14-16,24,38-41,45H,6-13H2,1-5H3. The number of nitrogens with one attached hydrogen (secondary N) is 2. The monoisotopic (exact) mass is 688 g/mol. The number of carbonyl (C=O) groups excluding carboxylic acids is 1. The number of aliphatic hydroxyl groups is 2. The van der Waals surface area contributed by atoms with Crippen LogP contribution in [-0.4, -0.2) is 95.2 Å². The molecule has 13 nitrogen and oxygen atoms in total. The maximum absolute atomic E-state index is 14.3. The van der Waals surface area contributed by atoms with Crippen LogP contribution in [0.5, 0.6) is 23.0 Å². The number of phenols is 1. The van der Waals surface area contributed by atoms with Gasteiger partial charge < -0.3 is 49.6 Å². The van der Waals surface area contributed by atoms with Crippen molar-refractivity contribution < 1.29 is 43.8 Å². The van der Waals surface area contributed by atoms with Gasteiger partial charge >= 0.3 is 0 Å². The quantitative estimate of drug-likeness (QED) is 0.0577. The second-order valence-electron chi connectivity index (χ2n) is 12.1. The van der Waals surface area contributed by atoms with Crippen LogP contribution in [-0.2, 0) is 14.3 Å². The van der Waals surface area contributed by atoms with Gasteiger partial charge in [0.1, 0.15) is 17.3 Å². The zero-order valence-corrected chi connectivity index (χ0v) is 28.6. The summed E-state index contributed by atoms with van der Waals surface area (Å²) in [6.45, 7) is 4.27.